The van der Waals surface area contributed by atoms with Crippen LogP contribution in [0, 0.1) is 17.2 Å². The molecule has 1 unspecified atom stereocenters. The average Bonchev–Trinajstić information content (AvgIpc) is 2.05. The van der Waals surface area contributed by atoms with E-state index in [4.69, 9.17) is 15.5 Å². The smallest absolute Gasteiger partial charge is 0.303 e. The van der Waals surface area contributed by atoms with Crippen LogP contribution in [0.3, 0.4) is 0 Å². The van der Waals surface area contributed by atoms with Gasteiger partial charge in [-0.05, 0) is 19.3 Å². The summed E-state index contributed by atoms with van der Waals surface area (Å²) in [6.07, 6.45) is 1.56. The summed E-state index contributed by atoms with van der Waals surface area (Å²) in [6.45, 7) is 0.0608. The van der Waals surface area contributed by atoms with E-state index in [2.05, 4.69) is 0 Å². The fraction of sp³-hybridized carbons (Fsp3) is 0.750. The molecule has 12 heavy (non-hydrogen) atoms. The van der Waals surface area contributed by atoms with Crippen molar-refractivity contribution >= 4 is 5.97 Å². The van der Waals surface area contributed by atoms with Crippen LogP contribution in [-0.4, -0.2) is 22.8 Å². The van der Waals surface area contributed by atoms with Gasteiger partial charge in [0.1, 0.15) is 0 Å². The highest BCUT2D eigenvalue weighted by molar-refractivity contribution is 5.66. The van der Waals surface area contributed by atoms with Gasteiger partial charge in [-0.1, -0.05) is 0 Å². The van der Waals surface area contributed by atoms with Gasteiger partial charge >= 0.3 is 5.97 Å². The second kappa shape index (κ2) is 6.62. The monoisotopic (exact) mass is 171 g/mol. The molecule has 0 aromatic rings. The minimum atomic E-state index is -0.876. The van der Waals surface area contributed by atoms with E-state index in [-0.39, 0.29) is 18.9 Å². The molecule has 4 heteroatoms. The normalized spacial score (nSPS) is 12.0. The first-order valence-corrected chi connectivity index (χ1v) is 3.93. The van der Waals surface area contributed by atoms with E-state index in [1.54, 1.807) is 0 Å². The summed E-state index contributed by atoms with van der Waals surface area (Å²) in [5.74, 6) is -1.10. The molecule has 0 aliphatic heterocycles. The zero-order valence-electron chi connectivity index (χ0n) is 6.86. The summed E-state index contributed by atoms with van der Waals surface area (Å²) >= 11 is 0. The number of rotatable bonds is 6. The lowest BCUT2D eigenvalue weighted by atomic mass is 10.00. The predicted octanol–water partition coefficient (Wildman–Crippen LogP) is 0.763. The number of carboxylic acid groups (broad SMARTS) is 1. The quantitative estimate of drug-likeness (QED) is 0.618. The highest BCUT2D eigenvalue weighted by Crippen LogP contribution is 2.11. The van der Waals surface area contributed by atoms with Crippen molar-refractivity contribution in [3.63, 3.8) is 0 Å². The number of aliphatic hydroxyl groups is 1. The lowest BCUT2D eigenvalue weighted by molar-refractivity contribution is -0.137. The van der Waals surface area contributed by atoms with Crippen molar-refractivity contribution in [2.45, 2.75) is 25.7 Å². The third-order valence-corrected chi connectivity index (χ3v) is 1.60. The maximum absolute atomic E-state index is 10.1. The van der Waals surface area contributed by atoms with Crippen LogP contribution in [-0.2, 0) is 4.79 Å². The Morgan fingerprint density at radius 1 is 1.50 bits per heavy atom. The largest absolute Gasteiger partial charge is 0.481 e. The Kier molecular flexibility index (Phi) is 6.02. The maximum Gasteiger partial charge on any atom is 0.303 e. The van der Waals surface area contributed by atoms with Crippen LogP contribution < -0.4 is 0 Å². The number of hydrogen-bond donors (Lipinski definition) is 2. The summed E-state index contributed by atoms with van der Waals surface area (Å²) in [6, 6.07) is 2.02. The Labute approximate surface area is 71.4 Å². The summed E-state index contributed by atoms with van der Waals surface area (Å²) < 4.78 is 0. The van der Waals surface area contributed by atoms with Crippen LogP contribution in [0.4, 0.5) is 0 Å². The number of aliphatic hydroxyl groups excluding tert-OH is 1. The second-order valence-electron chi connectivity index (χ2n) is 2.62. The van der Waals surface area contributed by atoms with Gasteiger partial charge in [0.05, 0.1) is 6.07 Å². The zero-order valence-corrected chi connectivity index (χ0v) is 6.86. The fourth-order valence-corrected chi connectivity index (χ4v) is 0.909. The summed E-state index contributed by atoms with van der Waals surface area (Å²) in [4.78, 5) is 10.1. The zero-order chi connectivity index (χ0) is 9.40. The summed E-state index contributed by atoms with van der Waals surface area (Å²) in [5, 5.41) is 25.3. The lowest BCUT2D eigenvalue weighted by Gasteiger charge is -2.04. The molecule has 0 amide bonds. The number of nitriles is 1. The highest BCUT2D eigenvalue weighted by atomic mass is 16.4. The SMILES string of the molecule is N#CC(CCCO)CCC(=O)O. The van der Waals surface area contributed by atoms with Crippen LogP contribution in [0.15, 0.2) is 0 Å². The van der Waals surface area contributed by atoms with Crippen molar-refractivity contribution in [2.24, 2.45) is 5.92 Å². The molecular formula is C8H13NO3. The molecule has 4 nitrogen and oxygen atoms in total. The summed E-state index contributed by atoms with van der Waals surface area (Å²) in [5.41, 5.74) is 0. The van der Waals surface area contributed by atoms with Crippen molar-refractivity contribution in [1.29, 1.82) is 5.26 Å². The molecule has 0 aliphatic rings. The number of nitrogens with zero attached hydrogens (tertiary/aromatic N) is 1. The first kappa shape index (κ1) is 10.9. The minimum Gasteiger partial charge on any atom is -0.481 e. The topological polar surface area (TPSA) is 81.3 Å². The van der Waals surface area contributed by atoms with Gasteiger partial charge in [0.2, 0.25) is 0 Å². The van der Waals surface area contributed by atoms with Crippen LogP contribution >= 0.6 is 0 Å². The van der Waals surface area contributed by atoms with E-state index < -0.39 is 5.97 Å². The van der Waals surface area contributed by atoms with Crippen LogP contribution in [0.2, 0.25) is 0 Å². The van der Waals surface area contributed by atoms with E-state index in [1.165, 1.54) is 0 Å². The van der Waals surface area contributed by atoms with Gasteiger partial charge in [0.25, 0.3) is 0 Å². The van der Waals surface area contributed by atoms with E-state index >= 15 is 0 Å². The van der Waals surface area contributed by atoms with Crippen molar-refractivity contribution in [2.75, 3.05) is 6.61 Å². The molecule has 68 valence electrons. The van der Waals surface area contributed by atoms with E-state index in [9.17, 15) is 4.79 Å². The third kappa shape index (κ3) is 5.69. The van der Waals surface area contributed by atoms with Gasteiger partial charge in [0, 0.05) is 18.9 Å². The maximum atomic E-state index is 10.1. The molecule has 0 aliphatic carbocycles. The predicted molar refractivity (Wildman–Crippen MR) is 42.3 cm³/mol. The molecule has 1 atom stereocenters. The molecule has 0 rings (SSSR count). The van der Waals surface area contributed by atoms with Crippen LogP contribution in [0.25, 0.3) is 0 Å². The molecule has 0 bridgehead atoms. The van der Waals surface area contributed by atoms with Gasteiger partial charge in [-0.2, -0.15) is 5.26 Å². The number of aliphatic carboxylic acids is 1. The van der Waals surface area contributed by atoms with Crippen molar-refractivity contribution < 1.29 is 15.0 Å². The molecule has 2 N–H and O–H groups in total. The van der Waals surface area contributed by atoms with Gasteiger partial charge < -0.3 is 10.2 Å². The number of carbonyl (C=O) groups is 1. The Bertz CT molecular complexity index is 174. The lowest BCUT2D eigenvalue weighted by Crippen LogP contribution is -2.03. The molecule has 0 spiro atoms. The van der Waals surface area contributed by atoms with Crippen molar-refractivity contribution in [1.82, 2.24) is 0 Å². The van der Waals surface area contributed by atoms with Gasteiger partial charge in [-0.3, -0.25) is 4.79 Å². The fourth-order valence-electron chi connectivity index (χ4n) is 0.909. The molecule has 0 radical (unpaired) electrons. The number of hydrogen-bond acceptors (Lipinski definition) is 3. The minimum absolute atomic E-state index is 0.0314. The Morgan fingerprint density at radius 2 is 2.17 bits per heavy atom. The first-order chi connectivity index (χ1) is 5.70. The second-order valence-corrected chi connectivity index (χ2v) is 2.62. The first-order valence-electron chi connectivity index (χ1n) is 3.93. The Morgan fingerprint density at radius 3 is 2.58 bits per heavy atom. The Hall–Kier alpha value is -1.08. The van der Waals surface area contributed by atoms with Crippen molar-refractivity contribution in [3.8, 4) is 6.07 Å². The highest BCUT2D eigenvalue weighted by Gasteiger charge is 2.08. The molecule has 0 saturated heterocycles. The van der Waals surface area contributed by atoms with Crippen molar-refractivity contribution in [3.05, 3.63) is 0 Å². The molecular weight excluding hydrogens is 158 g/mol. The Balaban J connectivity index is 3.55. The molecule has 0 fully saturated rings. The third-order valence-electron chi connectivity index (χ3n) is 1.60. The van der Waals surface area contributed by atoms with Gasteiger partial charge in [0.15, 0.2) is 0 Å². The van der Waals surface area contributed by atoms with Crippen LogP contribution in [0.5, 0.6) is 0 Å². The van der Waals surface area contributed by atoms with E-state index in [0.717, 1.165) is 0 Å². The van der Waals surface area contributed by atoms with E-state index in [1.807, 2.05) is 6.07 Å². The molecule has 0 saturated carbocycles. The molecule has 0 heterocycles. The van der Waals surface area contributed by atoms with Gasteiger partial charge in [-0.25, -0.2) is 0 Å². The number of carboxylic acids is 1. The van der Waals surface area contributed by atoms with Gasteiger partial charge in [-0.15, -0.1) is 0 Å². The molecule has 0 aromatic carbocycles. The van der Waals surface area contributed by atoms with Crippen LogP contribution in [0.1, 0.15) is 25.7 Å². The standard InChI is InChI=1S/C8H13NO3/c9-6-7(2-1-5-10)3-4-8(11)12/h7,10H,1-5H2,(H,11,12). The summed E-state index contributed by atoms with van der Waals surface area (Å²) in [7, 11) is 0. The average molecular weight is 171 g/mol. The molecule has 0 aromatic heterocycles. The van der Waals surface area contributed by atoms with E-state index in [0.29, 0.717) is 19.3 Å².